The van der Waals surface area contributed by atoms with Crippen LogP contribution in [0.4, 0.5) is 13.2 Å². The van der Waals surface area contributed by atoms with E-state index in [-0.39, 0.29) is 12.8 Å². The van der Waals surface area contributed by atoms with Gasteiger partial charge in [-0.3, -0.25) is 0 Å². The Kier molecular flexibility index (Phi) is 4.08. The quantitative estimate of drug-likeness (QED) is 0.832. The predicted molar refractivity (Wildman–Crippen MR) is 62.8 cm³/mol. The van der Waals surface area contributed by atoms with Crippen molar-refractivity contribution in [1.29, 1.82) is 0 Å². The zero-order chi connectivity index (χ0) is 12.5. The molecule has 2 aliphatic rings. The fraction of sp³-hybridized carbons (Fsp3) is 0.833. The molecule has 0 aromatic rings. The maximum absolute atomic E-state index is 12.8. The van der Waals surface area contributed by atoms with E-state index in [0.717, 1.165) is 12.8 Å². The van der Waals surface area contributed by atoms with Crippen molar-refractivity contribution in [2.75, 3.05) is 0 Å². The fourth-order valence-corrected chi connectivity index (χ4v) is 4.82. The molecule has 17 heavy (non-hydrogen) atoms. The lowest BCUT2D eigenvalue weighted by Crippen LogP contribution is -2.42. The van der Waals surface area contributed by atoms with Crippen molar-refractivity contribution in [3.8, 4) is 0 Å². The zero-order valence-electron chi connectivity index (χ0n) is 9.59. The zero-order valence-corrected chi connectivity index (χ0v) is 10.4. The van der Waals surface area contributed by atoms with Crippen LogP contribution < -0.4 is 0 Å². The smallest absolute Gasteiger partial charge is 0.301 e. The lowest BCUT2D eigenvalue weighted by Gasteiger charge is -2.44. The highest BCUT2D eigenvalue weighted by Crippen LogP contribution is 2.47. The van der Waals surface area contributed by atoms with Gasteiger partial charge in [-0.2, -0.15) is 20.5 Å². The number of aliphatic hydroxyl groups is 1. The topological polar surface area (TPSA) is 20.2 Å². The van der Waals surface area contributed by atoms with Crippen LogP contribution in [0, 0.1) is 0 Å². The molecule has 2 saturated heterocycles. The standard InChI is InChI=1S/C12H17F3OS/c13-10(11(14)15)4-5-12(16)6-8-2-1-3-9(7-12)17-8/h8-9,16H,1-7H2. The third kappa shape index (κ3) is 3.41. The van der Waals surface area contributed by atoms with Gasteiger partial charge in [0.15, 0.2) is 5.83 Å². The molecular formula is C12H17F3OS. The molecule has 1 N–H and O–H groups in total. The van der Waals surface area contributed by atoms with Gasteiger partial charge in [0.05, 0.1) is 5.60 Å². The fourth-order valence-electron chi connectivity index (χ4n) is 2.85. The van der Waals surface area contributed by atoms with Crippen LogP contribution in [0.1, 0.15) is 44.9 Å². The number of hydrogen-bond acceptors (Lipinski definition) is 2. The minimum Gasteiger partial charge on any atom is -0.390 e. The Hall–Kier alpha value is -0.160. The summed E-state index contributed by atoms with van der Waals surface area (Å²) in [6.45, 7) is 0. The van der Waals surface area contributed by atoms with Gasteiger partial charge in [-0.15, -0.1) is 0 Å². The van der Waals surface area contributed by atoms with Crippen LogP contribution in [0.25, 0.3) is 0 Å². The van der Waals surface area contributed by atoms with Crippen LogP contribution in [0.15, 0.2) is 11.9 Å². The molecule has 0 amide bonds. The van der Waals surface area contributed by atoms with Crippen LogP contribution in [0.3, 0.4) is 0 Å². The third-order valence-corrected chi connectivity index (χ3v) is 5.24. The number of fused-ring (bicyclic) bond motifs is 2. The van der Waals surface area contributed by atoms with Gasteiger partial charge in [-0.05, 0) is 32.1 Å². The van der Waals surface area contributed by atoms with Crippen molar-refractivity contribution in [3.63, 3.8) is 0 Å². The van der Waals surface area contributed by atoms with Crippen LogP contribution >= 0.6 is 11.8 Å². The molecule has 0 spiro atoms. The summed E-state index contributed by atoms with van der Waals surface area (Å²) >= 11 is 1.90. The van der Waals surface area contributed by atoms with Crippen LogP contribution in [-0.4, -0.2) is 21.2 Å². The lowest BCUT2D eigenvalue weighted by molar-refractivity contribution is 0.00346. The van der Waals surface area contributed by atoms with Crippen molar-refractivity contribution in [2.45, 2.75) is 61.0 Å². The summed E-state index contributed by atoms with van der Waals surface area (Å²) in [4.78, 5) is 0. The van der Waals surface area contributed by atoms with Crippen LogP contribution in [0.2, 0.25) is 0 Å². The highest BCUT2D eigenvalue weighted by molar-refractivity contribution is 8.00. The first kappa shape index (κ1) is 13.3. The number of halogens is 3. The molecule has 0 radical (unpaired) electrons. The van der Waals surface area contributed by atoms with E-state index in [0.29, 0.717) is 23.3 Å². The minimum atomic E-state index is -2.25. The Balaban J connectivity index is 1.93. The van der Waals surface area contributed by atoms with E-state index in [1.54, 1.807) is 0 Å². The van der Waals surface area contributed by atoms with Gasteiger partial charge in [-0.1, -0.05) is 6.42 Å². The van der Waals surface area contributed by atoms with E-state index in [2.05, 4.69) is 0 Å². The Morgan fingerprint density at radius 1 is 1.18 bits per heavy atom. The van der Waals surface area contributed by atoms with E-state index in [1.165, 1.54) is 6.42 Å². The Labute approximate surface area is 103 Å². The largest absolute Gasteiger partial charge is 0.390 e. The van der Waals surface area contributed by atoms with Gasteiger partial charge in [0.25, 0.3) is 0 Å². The molecule has 0 saturated carbocycles. The molecule has 2 unspecified atom stereocenters. The van der Waals surface area contributed by atoms with Crippen LogP contribution in [0.5, 0.6) is 0 Å². The number of thioether (sulfide) groups is 1. The van der Waals surface area contributed by atoms with Crippen molar-refractivity contribution in [3.05, 3.63) is 11.9 Å². The average Bonchev–Trinajstić information content (AvgIpc) is 2.25. The molecule has 98 valence electrons. The van der Waals surface area contributed by atoms with Crippen LogP contribution in [-0.2, 0) is 0 Å². The highest BCUT2D eigenvalue weighted by Gasteiger charge is 2.41. The van der Waals surface area contributed by atoms with Gasteiger partial charge in [0.1, 0.15) is 0 Å². The molecule has 2 fully saturated rings. The molecule has 2 heterocycles. The van der Waals surface area contributed by atoms with Crippen molar-refractivity contribution in [2.24, 2.45) is 0 Å². The second-order valence-corrected chi connectivity index (χ2v) is 6.71. The number of rotatable bonds is 3. The Bertz CT molecular complexity index is 303. The first-order valence-electron chi connectivity index (χ1n) is 6.06. The molecule has 0 aromatic carbocycles. The summed E-state index contributed by atoms with van der Waals surface area (Å²) in [6, 6.07) is 0. The second-order valence-electron chi connectivity index (χ2n) is 5.11. The van der Waals surface area contributed by atoms with Crippen molar-refractivity contribution in [1.82, 2.24) is 0 Å². The van der Waals surface area contributed by atoms with Crippen molar-refractivity contribution >= 4 is 11.8 Å². The Morgan fingerprint density at radius 2 is 1.76 bits per heavy atom. The van der Waals surface area contributed by atoms with Gasteiger partial charge in [0, 0.05) is 16.9 Å². The molecule has 0 aromatic heterocycles. The average molecular weight is 266 g/mol. The maximum Gasteiger partial charge on any atom is 0.301 e. The summed E-state index contributed by atoms with van der Waals surface area (Å²) in [5.41, 5.74) is -0.937. The molecule has 2 bridgehead atoms. The highest BCUT2D eigenvalue weighted by atomic mass is 32.2. The third-order valence-electron chi connectivity index (χ3n) is 3.67. The van der Waals surface area contributed by atoms with E-state index in [9.17, 15) is 18.3 Å². The first-order chi connectivity index (χ1) is 7.98. The van der Waals surface area contributed by atoms with E-state index in [4.69, 9.17) is 0 Å². The van der Waals surface area contributed by atoms with Gasteiger partial charge in [-0.25, -0.2) is 4.39 Å². The molecule has 2 atom stereocenters. The summed E-state index contributed by atoms with van der Waals surface area (Å²) in [5, 5.41) is 11.2. The summed E-state index contributed by atoms with van der Waals surface area (Å²) < 4.78 is 36.7. The molecule has 2 rings (SSSR count). The van der Waals surface area contributed by atoms with E-state index in [1.807, 2.05) is 11.8 Å². The van der Waals surface area contributed by atoms with E-state index >= 15 is 0 Å². The molecular weight excluding hydrogens is 249 g/mol. The van der Waals surface area contributed by atoms with Crippen molar-refractivity contribution < 1.29 is 18.3 Å². The number of hydrogen-bond donors (Lipinski definition) is 1. The molecule has 1 nitrogen and oxygen atoms in total. The summed E-state index contributed by atoms with van der Waals surface area (Å²) in [5.74, 6) is -1.37. The van der Waals surface area contributed by atoms with Gasteiger partial charge in [0.2, 0.25) is 0 Å². The summed E-state index contributed by atoms with van der Waals surface area (Å²) in [7, 11) is 0. The number of allylic oxidation sites excluding steroid dienone is 1. The SMILES string of the molecule is OC1(CCC(F)=C(F)F)CC2CCCC(C1)S2. The minimum absolute atomic E-state index is 0.115. The van der Waals surface area contributed by atoms with E-state index < -0.39 is 17.5 Å². The summed E-state index contributed by atoms with van der Waals surface area (Å²) in [6.07, 6.45) is 2.11. The molecule has 2 aliphatic heterocycles. The Morgan fingerprint density at radius 3 is 2.29 bits per heavy atom. The maximum atomic E-state index is 12.8. The van der Waals surface area contributed by atoms with Gasteiger partial charge < -0.3 is 5.11 Å². The normalized spacial score (nSPS) is 36.7. The molecule has 5 heteroatoms. The first-order valence-corrected chi connectivity index (χ1v) is 7.00. The predicted octanol–water partition coefficient (Wildman–Crippen LogP) is 4.02. The monoisotopic (exact) mass is 266 g/mol. The lowest BCUT2D eigenvalue weighted by atomic mass is 9.82. The second kappa shape index (κ2) is 5.22. The molecule has 0 aliphatic carbocycles. The van der Waals surface area contributed by atoms with Gasteiger partial charge >= 0.3 is 6.08 Å².